The predicted octanol–water partition coefficient (Wildman–Crippen LogP) is -0.547. The summed E-state index contributed by atoms with van der Waals surface area (Å²) in [6.07, 6.45) is 0. The average molecular weight is 63.0 g/mol. The number of hydrogen-bond acceptors (Lipinski definition) is 3. The van der Waals surface area contributed by atoms with E-state index in [1.165, 1.54) is 0 Å². The van der Waals surface area contributed by atoms with Crippen molar-refractivity contribution in [1.29, 1.82) is 0 Å². The van der Waals surface area contributed by atoms with Crippen molar-refractivity contribution in [3.63, 3.8) is 0 Å². The summed E-state index contributed by atoms with van der Waals surface area (Å²) in [5.74, 6) is 0. The highest BCUT2D eigenvalue weighted by molar-refractivity contribution is 4.31. The molecule has 4 radical (unpaired) electrons. The van der Waals surface area contributed by atoms with E-state index in [0.717, 1.165) is 0 Å². The summed E-state index contributed by atoms with van der Waals surface area (Å²) in [4.78, 5) is 0. The number of hydrogen-bond donors (Lipinski definition) is 1. The normalized spacial score (nSPS) is 4.50. The van der Waals surface area contributed by atoms with E-state index in [2.05, 4.69) is 0 Å². The lowest BCUT2D eigenvalue weighted by Gasteiger charge is -2.07. The molecule has 0 aromatic heterocycles. The van der Waals surface area contributed by atoms with Gasteiger partial charge in [-0.1, -0.05) is 0 Å². The van der Waals surface area contributed by atoms with Gasteiger partial charge in [-0.2, -0.15) is 0 Å². The fourth-order valence-electron chi connectivity index (χ4n) is 0. The van der Waals surface area contributed by atoms with Gasteiger partial charge in [0, 0.05) is 0 Å². The topological polar surface area (TPSA) is 86.7 Å². The van der Waals surface area contributed by atoms with Crippen molar-refractivity contribution in [2.24, 2.45) is 0 Å². The standard InChI is InChI=1S/HNO2.O/c2-1-3;/h1H;/q-2;+2. The van der Waals surface area contributed by atoms with Crippen LogP contribution in [0.4, 0.5) is 0 Å². The van der Waals surface area contributed by atoms with Crippen LogP contribution in [0.15, 0.2) is 0 Å². The molecule has 0 aliphatic heterocycles. The van der Waals surface area contributed by atoms with E-state index < -0.39 is 0 Å². The Kier molecular flexibility index (Phi) is 31.2. The highest BCUT2D eigenvalue weighted by atomic mass is 16.7. The molecule has 0 fully saturated rings. The molecule has 0 aromatic carbocycles. The molecule has 0 unspecified atom stereocenters. The third kappa shape index (κ3) is 50.7. The van der Waals surface area contributed by atoms with E-state index in [0.29, 0.717) is 0 Å². The van der Waals surface area contributed by atoms with Crippen molar-refractivity contribution >= 4 is 0 Å². The first kappa shape index (κ1) is 9.15. The van der Waals surface area contributed by atoms with Crippen molar-refractivity contribution in [3.8, 4) is 0 Å². The van der Waals surface area contributed by atoms with Gasteiger partial charge < -0.3 is 16.1 Å². The highest BCUT2D eigenvalue weighted by Crippen LogP contribution is 1.12. The third-order valence-electron chi connectivity index (χ3n) is 0. The largest absolute Gasteiger partial charge is 2.00 e. The summed E-state index contributed by atoms with van der Waals surface area (Å²) in [6, 6.07) is 0. The fourth-order valence-corrected chi connectivity index (χ4v) is 0. The molecule has 0 aliphatic rings. The molecule has 0 aliphatic carbocycles. The van der Waals surface area contributed by atoms with Crippen LogP contribution < -0.4 is 5.64 Å². The minimum atomic E-state index is 0. The maximum absolute atomic E-state index is 8.12. The van der Waals surface area contributed by atoms with Crippen molar-refractivity contribution in [2.75, 3.05) is 0 Å². The molecule has 0 bridgehead atoms. The zero-order chi connectivity index (χ0) is 2.71. The van der Waals surface area contributed by atoms with Crippen LogP contribution in [0.25, 0.3) is 0 Å². The zero-order valence-corrected chi connectivity index (χ0v) is 1.72. The molecule has 4 nitrogen and oxygen atoms in total. The van der Waals surface area contributed by atoms with Crippen LogP contribution in [-0.2, 0) is 5.48 Å². The van der Waals surface area contributed by atoms with E-state index in [1.807, 2.05) is 0 Å². The predicted molar refractivity (Wildman–Crippen MR) is 10.6 cm³/mol. The van der Waals surface area contributed by atoms with Gasteiger partial charge in [0.1, 0.15) is 0 Å². The Labute approximate surface area is 22.9 Å². The summed E-state index contributed by atoms with van der Waals surface area (Å²) in [7, 11) is 0. The van der Waals surface area contributed by atoms with E-state index >= 15 is 0 Å². The van der Waals surface area contributed by atoms with Gasteiger partial charge in [-0.25, -0.2) is 0 Å². The lowest BCUT2D eigenvalue weighted by molar-refractivity contribution is 0.686. The Morgan fingerprint density at radius 2 is 1.25 bits per heavy atom. The lowest BCUT2D eigenvalue weighted by atomic mass is 13.3. The highest BCUT2D eigenvalue weighted by Gasteiger charge is 2.00. The van der Waals surface area contributed by atoms with E-state index in [4.69, 9.17) is 10.4 Å². The second kappa shape index (κ2) is 13.6. The Hall–Kier alpha value is -0.160. The van der Waals surface area contributed by atoms with Crippen LogP contribution in [0.3, 0.4) is 0 Å². The molecule has 1 N–H and O–H groups in total. The molecule has 0 spiro atoms. The molecule has 4 heteroatoms. The maximum atomic E-state index is 8.12. The van der Waals surface area contributed by atoms with Gasteiger partial charge in [-0.3, -0.25) is 0 Å². The van der Waals surface area contributed by atoms with Gasteiger partial charge in [0.25, 0.3) is 0 Å². The van der Waals surface area contributed by atoms with Crippen LogP contribution in [0.2, 0.25) is 0 Å². The van der Waals surface area contributed by atoms with Crippen molar-refractivity contribution in [3.05, 3.63) is 10.4 Å². The van der Waals surface area contributed by atoms with Crippen LogP contribution in [-0.4, -0.2) is 0 Å². The van der Waals surface area contributed by atoms with Crippen LogP contribution in [0, 0.1) is 10.4 Å². The molecule has 0 atom stereocenters. The van der Waals surface area contributed by atoms with Crippen molar-refractivity contribution < 1.29 is 5.48 Å². The molecule has 0 rings (SSSR count). The van der Waals surface area contributed by atoms with Gasteiger partial charge in [0.2, 0.25) is 0 Å². The van der Waals surface area contributed by atoms with E-state index in [-0.39, 0.29) is 11.1 Å². The summed E-state index contributed by atoms with van der Waals surface area (Å²) < 4.78 is 0. The quantitative estimate of drug-likeness (QED) is 0.383. The van der Waals surface area contributed by atoms with Gasteiger partial charge in [0.15, 0.2) is 0 Å². The summed E-state index contributed by atoms with van der Waals surface area (Å²) in [5, 5.41) is 16.2. The molecular formula is HNO3. The third-order valence-corrected chi connectivity index (χ3v) is 0. The van der Waals surface area contributed by atoms with Gasteiger partial charge in [0.05, 0.1) is 0 Å². The number of nitrogens with one attached hydrogen (secondary N) is 1. The molecule has 0 saturated carbocycles. The second-order valence-corrected chi connectivity index (χ2v) is 0.0833. The fraction of sp³-hybridized carbons (Fsp3) is 0. The van der Waals surface area contributed by atoms with Crippen LogP contribution in [0.5, 0.6) is 0 Å². The molecule has 24 valence electrons. The minimum absolute atomic E-state index is 0. The van der Waals surface area contributed by atoms with Crippen LogP contribution in [0.1, 0.15) is 0 Å². The zero-order valence-electron chi connectivity index (χ0n) is 1.72. The van der Waals surface area contributed by atoms with Crippen molar-refractivity contribution in [2.45, 2.75) is 0 Å². The van der Waals surface area contributed by atoms with E-state index in [9.17, 15) is 0 Å². The SMILES string of the molecule is [O+2].[O-]N[O-]. The molecule has 4 heavy (non-hydrogen) atoms. The molecule has 0 amide bonds. The summed E-state index contributed by atoms with van der Waals surface area (Å²) in [5.41, 5.74) is 0.250. The second-order valence-electron chi connectivity index (χ2n) is 0.0833. The maximum Gasteiger partial charge on any atom is 2.00 e. The lowest BCUT2D eigenvalue weighted by Crippen LogP contribution is -1.80. The van der Waals surface area contributed by atoms with E-state index in [1.54, 1.807) is 0 Å². The Morgan fingerprint density at radius 3 is 1.25 bits per heavy atom. The first-order valence-corrected chi connectivity index (χ1v) is 0.408. The smallest absolute Gasteiger partial charge is 0.800 e. The molecule has 0 aromatic rings. The first-order valence-electron chi connectivity index (χ1n) is 0.408. The van der Waals surface area contributed by atoms with Gasteiger partial charge in [-0.05, 0) is 0 Å². The average Bonchev–Trinajstić information content (AvgIpc) is 0.918. The first-order chi connectivity index (χ1) is 1.41. The van der Waals surface area contributed by atoms with Gasteiger partial charge in [-0.15, -0.1) is 0 Å². The molecular weight excluding hydrogens is 62.0 g/mol. The van der Waals surface area contributed by atoms with Gasteiger partial charge >= 0.3 is 5.48 Å². The van der Waals surface area contributed by atoms with Crippen LogP contribution >= 0.6 is 0 Å². The number of rotatable bonds is 0. The van der Waals surface area contributed by atoms with Crippen molar-refractivity contribution in [1.82, 2.24) is 5.64 Å². The summed E-state index contributed by atoms with van der Waals surface area (Å²) >= 11 is 0. The minimum Gasteiger partial charge on any atom is -0.800 e. The monoisotopic (exact) mass is 63.0 g/mol. The summed E-state index contributed by atoms with van der Waals surface area (Å²) in [6.45, 7) is 0. The Balaban J connectivity index is 0. The molecule has 0 heterocycles. The Bertz CT molecular complexity index is 3.25. The molecule has 0 saturated heterocycles. The Morgan fingerprint density at radius 1 is 1.25 bits per heavy atom.